The minimum absolute atomic E-state index is 0.0723. The third-order valence-corrected chi connectivity index (χ3v) is 6.58. The van der Waals surface area contributed by atoms with Crippen molar-refractivity contribution in [3.63, 3.8) is 0 Å². The molecule has 0 amide bonds. The van der Waals surface area contributed by atoms with Crippen LogP contribution >= 0.6 is 12.2 Å². The highest BCUT2D eigenvalue weighted by Gasteiger charge is 2.37. The highest BCUT2D eigenvalue weighted by molar-refractivity contribution is 7.96. The summed E-state index contributed by atoms with van der Waals surface area (Å²) < 4.78 is 30.5. The number of nitrogens with two attached hydrogens (primary N) is 1. The minimum Gasteiger partial charge on any atom is -0.410 e. The quantitative estimate of drug-likeness (QED) is 0.508. The van der Waals surface area contributed by atoms with Crippen LogP contribution in [0.4, 0.5) is 0 Å². The Labute approximate surface area is 140 Å². The van der Waals surface area contributed by atoms with E-state index >= 15 is 0 Å². The summed E-state index contributed by atoms with van der Waals surface area (Å²) in [7, 11) is -3.77. The van der Waals surface area contributed by atoms with Crippen molar-refractivity contribution in [3.8, 4) is 5.75 Å². The molecule has 1 aromatic carbocycles. The largest absolute Gasteiger partial charge is 0.410 e. The van der Waals surface area contributed by atoms with Crippen LogP contribution in [-0.2, 0) is 14.6 Å². The van der Waals surface area contributed by atoms with Crippen molar-refractivity contribution in [2.24, 2.45) is 11.1 Å². The third kappa shape index (κ3) is 3.18. The number of carbonyl (C=O) groups is 1. The van der Waals surface area contributed by atoms with Crippen molar-refractivity contribution in [3.05, 3.63) is 28.7 Å². The summed E-state index contributed by atoms with van der Waals surface area (Å²) in [6.07, 6.45) is 7.27. The third-order valence-electron chi connectivity index (χ3n) is 4.46. The molecule has 0 saturated heterocycles. The lowest BCUT2D eigenvalue weighted by Crippen LogP contribution is -2.19. The number of fused-ring (bicyclic) bond motifs is 1. The molecular weight excluding hydrogens is 334 g/mol. The molecule has 0 radical (unpaired) electrons. The summed E-state index contributed by atoms with van der Waals surface area (Å²) in [4.78, 5) is 12.8. The van der Waals surface area contributed by atoms with Crippen LogP contribution in [0.15, 0.2) is 28.0 Å². The van der Waals surface area contributed by atoms with Crippen molar-refractivity contribution in [2.45, 2.75) is 43.4 Å². The van der Waals surface area contributed by atoms with E-state index in [-0.39, 0.29) is 21.5 Å². The van der Waals surface area contributed by atoms with E-state index in [9.17, 15) is 13.2 Å². The van der Waals surface area contributed by atoms with E-state index in [0.717, 1.165) is 38.5 Å². The molecule has 2 aliphatic rings. The van der Waals surface area contributed by atoms with E-state index < -0.39 is 9.84 Å². The average Bonchev–Trinajstić information content (AvgIpc) is 2.73. The summed E-state index contributed by atoms with van der Waals surface area (Å²) >= 11 is 0.654. The van der Waals surface area contributed by atoms with Gasteiger partial charge in [0.2, 0.25) is 9.84 Å². The lowest BCUT2D eigenvalue weighted by atomic mass is 9.94. The van der Waals surface area contributed by atoms with Crippen LogP contribution in [0.3, 0.4) is 0 Å². The molecular formula is C16H19NO4S2. The second-order valence-electron chi connectivity index (χ2n) is 5.94. The molecule has 5 nitrogen and oxygen atoms in total. The fraction of sp³-hybridized carbons (Fsp3) is 0.438. The van der Waals surface area contributed by atoms with E-state index in [1.807, 2.05) is 0 Å². The predicted molar refractivity (Wildman–Crippen MR) is 90.2 cm³/mol. The molecule has 3 rings (SSSR count). The van der Waals surface area contributed by atoms with Crippen LogP contribution in [0, 0.1) is 5.92 Å². The van der Waals surface area contributed by atoms with Gasteiger partial charge in [0.1, 0.15) is 22.9 Å². The number of ketones is 1. The lowest BCUT2D eigenvalue weighted by molar-refractivity contribution is -0.118. The molecule has 0 unspecified atom stereocenters. The highest BCUT2D eigenvalue weighted by Crippen LogP contribution is 2.38. The van der Waals surface area contributed by atoms with E-state index in [2.05, 4.69) is 0 Å². The van der Waals surface area contributed by atoms with Gasteiger partial charge in [-0.3, -0.25) is 4.79 Å². The van der Waals surface area contributed by atoms with Gasteiger partial charge in [0.15, 0.2) is 5.78 Å². The second-order valence-corrected chi connectivity index (χ2v) is 8.19. The zero-order valence-electron chi connectivity index (χ0n) is 12.7. The SMILES string of the molecule is NSOc1ccc2c(c1)S(=O)(=O)C(C(=O)C1CCCCCC1)=C2. The van der Waals surface area contributed by atoms with E-state index in [4.69, 9.17) is 9.32 Å². The number of rotatable bonds is 4. The Kier molecular flexibility index (Phi) is 4.79. The number of sulfone groups is 1. The first-order chi connectivity index (χ1) is 11.0. The fourth-order valence-corrected chi connectivity index (χ4v) is 5.13. The first-order valence-corrected chi connectivity index (χ1v) is 10.0. The summed E-state index contributed by atoms with van der Waals surface area (Å²) in [5, 5.41) is 5.24. The van der Waals surface area contributed by atoms with Gasteiger partial charge in [-0.15, -0.1) is 0 Å². The van der Waals surface area contributed by atoms with Crippen molar-refractivity contribution in [1.29, 1.82) is 0 Å². The van der Waals surface area contributed by atoms with Gasteiger partial charge in [-0.25, -0.2) is 13.6 Å². The Bertz CT molecular complexity index is 747. The zero-order valence-corrected chi connectivity index (χ0v) is 14.3. The standard InChI is InChI=1S/C16H19NO4S2/c17-22-21-13-8-7-12-9-15(23(19,20)14(12)10-13)16(18)11-5-3-1-2-4-6-11/h7-11H,1-6,17H2. The molecule has 1 fully saturated rings. The Balaban J connectivity index is 1.91. The van der Waals surface area contributed by atoms with Crippen molar-refractivity contribution < 1.29 is 17.4 Å². The van der Waals surface area contributed by atoms with Gasteiger partial charge < -0.3 is 4.18 Å². The summed E-state index contributed by atoms with van der Waals surface area (Å²) in [6.45, 7) is 0. The van der Waals surface area contributed by atoms with Crippen LogP contribution in [0.25, 0.3) is 6.08 Å². The van der Waals surface area contributed by atoms with Crippen molar-refractivity contribution >= 4 is 33.9 Å². The minimum atomic E-state index is -3.77. The van der Waals surface area contributed by atoms with Gasteiger partial charge in [0, 0.05) is 12.0 Å². The van der Waals surface area contributed by atoms with Crippen molar-refractivity contribution in [1.82, 2.24) is 0 Å². The number of Topliss-reactive ketones (excluding diaryl/α,β-unsaturated/α-hetero) is 1. The Morgan fingerprint density at radius 2 is 1.87 bits per heavy atom. The maximum atomic E-state index is 12.7. The van der Waals surface area contributed by atoms with Gasteiger partial charge in [-0.1, -0.05) is 25.7 Å². The highest BCUT2D eigenvalue weighted by atomic mass is 32.2. The number of allylic oxidation sites excluding steroid dienone is 1. The molecule has 1 aliphatic carbocycles. The van der Waals surface area contributed by atoms with E-state index in [0.29, 0.717) is 23.5 Å². The molecule has 0 bridgehead atoms. The lowest BCUT2D eigenvalue weighted by Gasteiger charge is -2.13. The molecule has 7 heteroatoms. The smallest absolute Gasteiger partial charge is 0.210 e. The summed E-state index contributed by atoms with van der Waals surface area (Å²) in [6, 6.07) is 4.71. The first-order valence-electron chi connectivity index (χ1n) is 7.72. The molecule has 1 aliphatic heterocycles. The monoisotopic (exact) mass is 353 g/mol. The van der Waals surface area contributed by atoms with Crippen LogP contribution < -0.4 is 9.32 Å². The van der Waals surface area contributed by atoms with E-state index in [1.165, 1.54) is 12.1 Å². The van der Waals surface area contributed by atoms with Crippen LogP contribution in [-0.4, -0.2) is 14.2 Å². The van der Waals surface area contributed by atoms with Gasteiger partial charge in [0.25, 0.3) is 0 Å². The van der Waals surface area contributed by atoms with Gasteiger partial charge in [0.05, 0.1) is 4.90 Å². The predicted octanol–water partition coefficient (Wildman–Crippen LogP) is 3.26. The molecule has 23 heavy (non-hydrogen) atoms. The van der Waals surface area contributed by atoms with E-state index in [1.54, 1.807) is 12.1 Å². The van der Waals surface area contributed by atoms with Gasteiger partial charge in [-0.2, -0.15) is 0 Å². The molecule has 1 aromatic rings. The number of hydrogen-bond donors (Lipinski definition) is 1. The molecule has 0 atom stereocenters. The Hall–Kier alpha value is -1.31. The molecule has 1 heterocycles. The number of benzene rings is 1. The van der Waals surface area contributed by atoms with Crippen LogP contribution in [0.5, 0.6) is 5.75 Å². The second kappa shape index (κ2) is 6.67. The molecule has 124 valence electrons. The average molecular weight is 353 g/mol. The molecule has 1 saturated carbocycles. The van der Waals surface area contributed by atoms with Crippen LogP contribution in [0.2, 0.25) is 0 Å². The maximum absolute atomic E-state index is 12.7. The van der Waals surface area contributed by atoms with Crippen molar-refractivity contribution in [2.75, 3.05) is 0 Å². The normalized spacial score (nSPS) is 20.5. The zero-order chi connectivity index (χ0) is 16.4. The number of hydrogen-bond acceptors (Lipinski definition) is 6. The first kappa shape index (κ1) is 16.5. The topological polar surface area (TPSA) is 86.5 Å². The summed E-state index contributed by atoms with van der Waals surface area (Å²) in [5.41, 5.74) is 0.538. The molecule has 0 aromatic heterocycles. The maximum Gasteiger partial charge on any atom is 0.210 e. The number of carbonyl (C=O) groups excluding carboxylic acids is 1. The fourth-order valence-electron chi connectivity index (χ4n) is 3.26. The van der Waals surface area contributed by atoms with Gasteiger partial charge in [-0.05, 0) is 36.6 Å². The summed E-state index contributed by atoms with van der Waals surface area (Å²) in [5.74, 6) is -0.0571. The van der Waals surface area contributed by atoms with Gasteiger partial charge >= 0.3 is 0 Å². The molecule has 2 N–H and O–H groups in total. The Morgan fingerprint density at radius 3 is 2.52 bits per heavy atom. The molecule has 0 spiro atoms. The van der Waals surface area contributed by atoms with Crippen LogP contribution in [0.1, 0.15) is 44.1 Å². The Morgan fingerprint density at radius 1 is 1.17 bits per heavy atom.